The van der Waals surface area contributed by atoms with Gasteiger partial charge in [0.25, 0.3) is 0 Å². The minimum atomic E-state index is -4.49. The van der Waals surface area contributed by atoms with Gasteiger partial charge in [-0.2, -0.15) is 16.8 Å². The van der Waals surface area contributed by atoms with Crippen LogP contribution in [0.25, 0.3) is 0 Å². The molecule has 2 bridgehead atoms. The lowest BCUT2D eigenvalue weighted by atomic mass is 9.79. The zero-order valence-corrected chi connectivity index (χ0v) is 29.1. The van der Waals surface area contributed by atoms with E-state index in [1.807, 2.05) is 20.8 Å². The first-order valence-corrected chi connectivity index (χ1v) is 18.3. The Labute approximate surface area is 274 Å². The van der Waals surface area contributed by atoms with Gasteiger partial charge in [-0.05, 0) is 60.4 Å². The maximum atomic E-state index is 12.8. The summed E-state index contributed by atoms with van der Waals surface area (Å²) in [5.74, 6) is -0.447. The molecule has 2 aromatic rings. The second kappa shape index (κ2) is 13.8. The number of benzene rings is 2. The van der Waals surface area contributed by atoms with E-state index in [1.54, 1.807) is 31.2 Å². The predicted molar refractivity (Wildman–Crippen MR) is 163 cm³/mol. The summed E-state index contributed by atoms with van der Waals surface area (Å²) < 4.78 is 97.5. The minimum absolute atomic E-state index is 0.0524. The molecule has 0 radical (unpaired) electrons. The maximum Gasteiger partial charge on any atom is 0.449 e. The van der Waals surface area contributed by atoms with Crippen LogP contribution >= 0.6 is 31.9 Å². The van der Waals surface area contributed by atoms with Gasteiger partial charge in [-0.1, -0.05) is 59.6 Å². The summed E-state index contributed by atoms with van der Waals surface area (Å²) in [5.41, 5.74) is 0. The number of hydrogen-bond acceptors (Lipinski definition) is 12. The van der Waals surface area contributed by atoms with E-state index in [2.05, 4.69) is 31.9 Å². The highest BCUT2D eigenvalue weighted by atomic mass is 79.9. The molecule has 3 saturated heterocycles. The van der Waals surface area contributed by atoms with Crippen LogP contribution in [0, 0.1) is 23.7 Å². The highest BCUT2D eigenvalue weighted by Crippen LogP contribution is 2.41. The molecule has 244 valence electrons. The second-order valence-electron chi connectivity index (χ2n) is 11.2. The Kier molecular flexibility index (Phi) is 10.7. The molecule has 44 heavy (non-hydrogen) atoms. The lowest BCUT2D eigenvalue weighted by Crippen LogP contribution is -2.55. The van der Waals surface area contributed by atoms with E-state index < -0.39 is 63.7 Å². The Morgan fingerprint density at radius 2 is 1.30 bits per heavy atom. The van der Waals surface area contributed by atoms with Gasteiger partial charge in [0.2, 0.25) is 0 Å². The Morgan fingerprint density at radius 1 is 0.727 bits per heavy atom. The Hall–Kier alpha value is -1.34. The van der Waals surface area contributed by atoms with Crippen molar-refractivity contribution in [3.8, 4) is 11.5 Å². The molecule has 0 spiro atoms. The SMILES string of the molecule is CC1[C@H](O[C@@H]2C3CO[C@H](O3)C(OS(=O)(=O)Oc3ccc(Br)cc3)[C@H]2C)OC(COS(=O)(=O)Oc2ccc(Br)cc2)[C@@H](C)[C@@H]1C. The van der Waals surface area contributed by atoms with E-state index in [0.717, 1.165) is 8.95 Å². The van der Waals surface area contributed by atoms with E-state index in [1.165, 1.54) is 24.3 Å². The highest BCUT2D eigenvalue weighted by Gasteiger charge is 2.54. The molecule has 4 unspecified atom stereocenters. The second-order valence-corrected chi connectivity index (χ2v) is 15.4. The molecule has 0 N–H and O–H groups in total. The van der Waals surface area contributed by atoms with Gasteiger partial charge in [-0.15, -0.1) is 0 Å². The van der Waals surface area contributed by atoms with Gasteiger partial charge >= 0.3 is 20.8 Å². The van der Waals surface area contributed by atoms with Gasteiger partial charge in [-0.3, -0.25) is 0 Å². The van der Waals surface area contributed by atoms with Crippen molar-refractivity contribution in [2.45, 2.75) is 64.7 Å². The van der Waals surface area contributed by atoms with Crippen molar-refractivity contribution >= 4 is 52.7 Å². The topological polar surface area (TPSA) is 142 Å². The van der Waals surface area contributed by atoms with E-state index in [9.17, 15) is 16.8 Å². The molecule has 0 amide bonds. The van der Waals surface area contributed by atoms with Crippen LogP contribution in [0.2, 0.25) is 0 Å². The van der Waals surface area contributed by atoms with Gasteiger partial charge < -0.3 is 27.3 Å². The maximum absolute atomic E-state index is 12.8. The summed E-state index contributed by atoms with van der Waals surface area (Å²) in [6.45, 7) is 7.62. The first-order chi connectivity index (χ1) is 20.7. The predicted octanol–water partition coefficient (Wildman–Crippen LogP) is 4.97. The van der Waals surface area contributed by atoms with Gasteiger partial charge in [-0.25, -0.2) is 8.37 Å². The molecule has 0 saturated carbocycles. The zero-order valence-electron chi connectivity index (χ0n) is 24.3. The molecule has 12 nitrogen and oxygen atoms in total. The molecule has 5 rings (SSSR count). The fraction of sp³-hybridized carbons (Fsp3) is 0.571. The van der Waals surface area contributed by atoms with Crippen LogP contribution < -0.4 is 8.37 Å². The molecule has 16 heteroatoms. The van der Waals surface area contributed by atoms with Gasteiger partial charge in [0.05, 0.1) is 25.4 Å². The molecule has 3 fully saturated rings. The lowest BCUT2D eigenvalue weighted by molar-refractivity contribution is -0.301. The Bertz CT molecular complexity index is 1490. The van der Waals surface area contributed by atoms with Gasteiger partial charge in [0.1, 0.15) is 23.7 Å². The fourth-order valence-electron chi connectivity index (χ4n) is 5.44. The van der Waals surface area contributed by atoms with Crippen molar-refractivity contribution < 1.29 is 52.5 Å². The molecule has 0 aliphatic carbocycles. The van der Waals surface area contributed by atoms with E-state index in [0.29, 0.717) is 0 Å². The first-order valence-electron chi connectivity index (χ1n) is 14.0. The number of halogens is 2. The summed E-state index contributed by atoms with van der Waals surface area (Å²) in [6, 6.07) is 12.6. The quantitative estimate of drug-likeness (QED) is 0.304. The molecule has 3 heterocycles. The fourth-order valence-corrected chi connectivity index (χ4v) is 7.59. The summed E-state index contributed by atoms with van der Waals surface area (Å²) in [5, 5.41) is 0. The third kappa shape index (κ3) is 8.14. The van der Waals surface area contributed by atoms with Gasteiger partial charge in [0, 0.05) is 20.8 Å². The minimum Gasteiger partial charge on any atom is -0.362 e. The standard InChI is InChI=1S/C28H34Br2O12S2/c1-15-16(2)23(14-36-43(31,32)40-21-9-5-19(29)6-10-21)37-27(17(15)3)39-25-18(4)26(28-35-13-24(25)38-28)42-44(33,34)41-22-11-7-20(30)8-12-22/h5-12,15-18,23-28H,13-14H2,1-4H3/t15-,16-,17?,18-,23?,24?,25-,26?,27-,28+/m0/s1. The van der Waals surface area contributed by atoms with E-state index in [-0.39, 0.29) is 42.5 Å². The molecular weight excluding hydrogens is 752 g/mol. The van der Waals surface area contributed by atoms with E-state index in [4.69, 9.17) is 35.7 Å². The normalized spacial score (nSPS) is 34.0. The Balaban J connectivity index is 1.24. The summed E-state index contributed by atoms with van der Waals surface area (Å²) in [7, 11) is -8.86. The lowest BCUT2D eigenvalue weighted by Gasteiger charge is -2.46. The summed E-state index contributed by atoms with van der Waals surface area (Å²) >= 11 is 6.58. The summed E-state index contributed by atoms with van der Waals surface area (Å²) in [4.78, 5) is 0. The average molecular weight is 787 g/mol. The Morgan fingerprint density at radius 3 is 1.89 bits per heavy atom. The third-order valence-electron chi connectivity index (χ3n) is 8.31. The monoisotopic (exact) mass is 784 g/mol. The van der Waals surface area contributed by atoms with Crippen LogP contribution in [0.4, 0.5) is 0 Å². The van der Waals surface area contributed by atoms with Crippen LogP contribution in [0.5, 0.6) is 11.5 Å². The van der Waals surface area contributed by atoms with Crippen molar-refractivity contribution in [2.75, 3.05) is 13.2 Å². The number of rotatable bonds is 11. The molecular formula is C28H34Br2O12S2. The van der Waals surface area contributed by atoms with Crippen LogP contribution in [-0.4, -0.2) is 67.0 Å². The van der Waals surface area contributed by atoms with Crippen LogP contribution in [0.15, 0.2) is 57.5 Å². The van der Waals surface area contributed by atoms with Crippen molar-refractivity contribution in [2.24, 2.45) is 23.7 Å². The van der Waals surface area contributed by atoms with Crippen LogP contribution in [0.1, 0.15) is 27.7 Å². The molecule has 2 aromatic carbocycles. The van der Waals surface area contributed by atoms with E-state index >= 15 is 0 Å². The molecule has 3 aliphatic rings. The number of fused-ring (bicyclic) bond motifs is 2. The van der Waals surface area contributed by atoms with Crippen molar-refractivity contribution in [3.05, 3.63) is 57.5 Å². The molecule has 0 aromatic heterocycles. The summed E-state index contributed by atoms with van der Waals surface area (Å²) in [6.07, 6.45) is -4.58. The zero-order chi connectivity index (χ0) is 31.8. The third-order valence-corrected chi connectivity index (χ3v) is 11.0. The average Bonchev–Trinajstić information content (AvgIpc) is 3.41. The first kappa shape index (κ1) is 34.0. The van der Waals surface area contributed by atoms with Crippen LogP contribution in [-0.2, 0) is 48.1 Å². The largest absolute Gasteiger partial charge is 0.449 e. The number of ether oxygens (including phenoxy) is 4. The van der Waals surface area contributed by atoms with Crippen LogP contribution in [0.3, 0.4) is 0 Å². The van der Waals surface area contributed by atoms with Crippen molar-refractivity contribution in [1.82, 2.24) is 0 Å². The van der Waals surface area contributed by atoms with Crippen molar-refractivity contribution in [1.29, 1.82) is 0 Å². The number of hydrogen-bond donors (Lipinski definition) is 0. The van der Waals surface area contributed by atoms with Crippen molar-refractivity contribution in [3.63, 3.8) is 0 Å². The molecule has 10 atom stereocenters. The highest BCUT2D eigenvalue weighted by molar-refractivity contribution is 9.10. The smallest absolute Gasteiger partial charge is 0.362 e. The van der Waals surface area contributed by atoms with Gasteiger partial charge in [0.15, 0.2) is 12.6 Å². The molecule has 3 aliphatic heterocycles.